The van der Waals surface area contributed by atoms with Crippen LogP contribution in [0.25, 0.3) is 20.8 Å². The van der Waals surface area contributed by atoms with Crippen molar-refractivity contribution in [2.24, 2.45) is 0 Å². The van der Waals surface area contributed by atoms with Crippen molar-refractivity contribution in [1.82, 2.24) is 10.3 Å². The van der Waals surface area contributed by atoms with Crippen molar-refractivity contribution in [1.29, 1.82) is 0 Å². The number of nitrogens with zero attached hydrogens (tertiary/aromatic N) is 1. The number of rotatable bonds is 20. The summed E-state index contributed by atoms with van der Waals surface area (Å²) in [5, 5.41) is 15.6. The fraction of sp³-hybridized carbons (Fsp3) is 0.464. The number of amides is 1. The molecule has 10 nitrogen and oxygen atoms in total. The summed E-state index contributed by atoms with van der Waals surface area (Å²) in [4.78, 5) is 27.1. The van der Waals surface area contributed by atoms with Gasteiger partial charge in [-0.3, -0.25) is 9.59 Å². The minimum Gasteiger partial charge on any atom is -0.481 e. The monoisotopic (exact) mass is 559 g/mol. The maximum atomic E-state index is 12.0. The van der Waals surface area contributed by atoms with Crippen molar-refractivity contribution < 1.29 is 33.6 Å². The summed E-state index contributed by atoms with van der Waals surface area (Å²) in [6.45, 7) is 6.16. The Morgan fingerprint density at radius 2 is 1.46 bits per heavy atom. The molecule has 1 amide bonds. The molecule has 212 valence electrons. The van der Waals surface area contributed by atoms with Crippen LogP contribution in [0.5, 0.6) is 0 Å². The number of carboxylic acids is 1. The highest BCUT2D eigenvalue weighted by Gasteiger charge is 2.07. The van der Waals surface area contributed by atoms with Gasteiger partial charge < -0.3 is 34.7 Å². The van der Waals surface area contributed by atoms with Crippen LogP contribution in [0.3, 0.4) is 0 Å². The summed E-state index contributed by atoms with van der Waals surface area (Å²) in [6.07, 6.45) is 0.360. The van der Waals surface area contributed by atoms with E-state index in [0.29, 0.717) is 65.8 Å². The lowest BCUT2D eigenvalue weighted by Crippen LogP contribution is -2.29. The van der Waals surface area contributed by atoms with Gasteiger partial charge in [0.15, 0.2) is 0 Å². The van der Waals surface area contributed by atoms with Crippen LogP contribution in [0.15, 0.2) is 42.5 Å². The fourth-order valence-corrected chi connectivity index (χ4v) is 4.55. The van der Waals surface area contributed by atoms with Crippen molar-refractivity contribution in [3.05, 3.63) is 48.0 Å². The Morgan fingerprint density at radius 3 is 2.13 bits per heavy atom. The Morgan fingerprint density at radius 1 is 0.821 bits per heavy atom. The number of aliphatic carboxylic acids is 1. The van der Waals surface area contributed by atoms with Crippen LogP contribution in [-0.2, 0) is 28.5 Å². The van der Waals surface area contributed by atoms with Gasteiger partial charge >= 0.3 is 5.97 Å². The lowest BCUT2D eigenvalue weighted by Gasteiger charge is -2.09. The predicted octanol–water partition coefficient (Wildman–Crippen LogP) is 3.73. The van der Waals surface area contributed by atoms with E-state index in [2.05, 4.69) is 35.8 Å². The molecule has 0 radical (unpaired) electrons. The van der Waals surface area contributed by atoms with Gasteiger partial charge in [0.25, 0.3) is 0 Å². The standard InChI is InChI=1S/C28H37N3O7S/c1-21-2-7-24-25(20-21)39-28(31-24)22-3-5-23(6-4-22)29-10-8-26(32)30-11-13-36-15-17-38-19-18-37-16-14-35-12-9-27(33)34/h2-7,20,29H,8-19H2,1H3,(H,30,32)(H,33,34). The van der Waals surface area contributed by atoms with E-state index in [1.54, 1.807) is 11.3 Å². The molecule has 1 aromatic heterocycles. The van der Waals surface area contributed by atoms with E-state index in [1.807, 2.05) is 24.3 Å². The smallest absolute Gasteiger partial charge is 0.305 e. The van der Waals surface area contributed by atoms with E-state index in [-0.39, 0.29) is 18.9 Å². The Bertz CT molecular complexity index is 1150. The molecule has 0 aliphatic heterocycles. The van der Waals surface area contributed by atoms with Gasteiger partial charge in [0.2, 0.25) is 5.91 Å². The maximum absolute atomic E-state index is 12.0. The quantitative estimate of drug-likeness (QED) is 0.177. The Hall–Kier alpha value is -3.09. The van der Waals surface area contributed by atoms with Crippen LogP contribution < -0.4 is 10.6 Å². The predicted molar refractivity (Wildman–Crippen MR) is 151 cm³/mol. The molecule has 0 atom stereocenters. The summed E-state index contributed by atoms with van der Waals surface area (Å²) in [5.74, 6) is -0.913. The van der Waals surface area contributed by atoms with Crippen molar-refractivity contribution >= 4 is 39.1 Å². The van der Waals surface area contributed by atoms with E-state index < -0.39 is 5.97 Å². The van der Waals surface area contributed by atoms with Gasteiger partial charge in [-0.25, -0.2) is 4.98 Å². The largest absolute Gasteiger partial charge is 0.481 e. The number of aromatic nitrogens is 1. The number of carbonyl (C=O) groups is 2. The number of hydrogen-bond acceptors (Lipinski definition) is 9. The topological polar surface area (TPSA) is 128 Å². The minimum atomic E-state index is -0.878. The number of fused-ring (bicyclic) bond motifs is 1. The Kier molecular flexibility index (Phi) is 13.7. The molecule has 3 rings (SSSR count). The summed E-state index contributed by atoms with van der Waals surface area (Å²) < 4.78 is 22.5. The van der Waals surface area contributed by atoms with Crippen LogP contribution >= 0.6 is 11.3 Å². The van der Waals surface area contributed by atoms with Crippen molar-refractivity contribution in [3.63, 3.8) is 0 Å². The van der Waals surface area contributed by atoms with E-state index in [1.165, 1.54) is 10.3 Å². The van der Waals surface area contributed by atoms with Crippen molar-refractivity contribution in [2.45, 2.75) is 19.8 Å². The number of ether oxygens (including phenoxy) is 4. The number of benzene rings is 2. The molecule has 2 aromatic carbocycles. The van der Waals surface area contributed by atoms with Crippen LogP contribution in [0.1, 0.15) is 18.4 Å². The van der Waals surface area contributed by atoms with Crippen LogP contribution in [0.4, 0.5) is 5.69 Å². The number of thiazole rings is 1. The molecule has 3 aromatic rings. The molecule has 0 bridgehead atoms. The number of carboxylic acid groups (broad SMARTS) is 1. The fourth-order valence-electron chi connectivity index (χ4n) is 3.48. The molecule has 39 heavy (non-hydrogen) atoms. The zero-order chi connectivity index (χ0) is 27.7. The first-order chi connectivity index (χ1) is 19.0. The molecule has 0 saturated carbocycles. The van der Waals surface area contributed by atoms with E-state index in [4.69, 9.17) is 29.0 Å². The first-order valence-electron chi connectivity index (χ1n) is 13.0. The molecule has 0 aliphatic carbocycles. The van der Waals surface area contributed by atoms with Gasteiger partial charge in [-0.1, -0.05) is 6.07 Å². The molecule has 0 spiro atoms. The van der Waals surface area contributed by atoms with Gasteiger partial charge in [-0.2, -0.15) is 0 Å². The average molecular weight is 560 g/mol. The normalized spacial score (nSPS) is 11.1. The molecule has 0 saturated heterocycles. The average Bonchev–Trinajstić information content (AvgIpc) is 3.34. The molecule has 3 N–H and O–H groups in total. The molecule has 0 aliphatic rings. The Labute approximate surface area is 232 Å². The third kappa shape index (κ3) is 12.1. The number of hydrogen-bond donors (Lipinski definition) is 3. The third-order valence-electron chi connectivity index (χ3n) is 5.50. The molecule has 0 unspecified atom stereocenters. The lowest BCUT2D eigenvalue weighted by atomic mass is 10.2. The highest BCUT2D eigenvalue weighted by molar-refractivity contribution is 7.21. The van der Waals surface area contributed by atoms with E-state index in [0.717, 1.165) is 21.8 Å². The highest BCUT2D eigenvalue weighted by atomic mass is 32.1. The van der Waals surface area contributed by atoms with Gasteiger partial charge in [0.1, 0.15) is 5.01 Å². The SMILES string of the molecule is Cc1ccc2nc(-c3ccc(NCCC(=O)NCCOCCOCCOCCOCCC(=O)O)cc3)sc2c1. The van der Waals surface area contributed by atoms with E-state index in [9.17, 15) is 9.59 Å². The van der Waals surface area contributed by atoms with Crippen LogP contribution in [-0.4, -0.2) is 87.9 Å². The van der Waals surface area contributed by atoms with Gasteiger partial charge in [0.05, 0.1) is 69.5 Å². The summed E-state index contributed by atoms with van der Waals surface area (Å²) in [6, 6.07) is 14.4. The van der Waals surface area contributed by atoms with Gasteiger partial charge in [-0.15, -0.1) is 11.3 Å². The van der Waals surface area contributed by atoms with Gasteiger partial charge in [-0.05, 0) is 48.9 Å². The number of nitrogens with one attached hydrogen (secondary N) is 2. The number of anilines is 1. The number of carbonyl (C=O) groups excluding carboxylic acids is 1. The summed E-state index contributed by atoms with van der Waals surface area (Å²) in [5.41, 5.74) is 4.29. The van der Waals surface area contributed by atoms with Crippen LogP contribution in [0, 0.1) is 6.92 Å². The van der Waals surface area contributed by atoms with Crippen molar-refractivity contribution in [2.75, 3.05) is 71.3 Å². The summed E-state index contributed by atoms with van der Waals surface area (Å²) >= 11 is 1.69. The number of aryl methyl sites for hydroxylation is 1. The molecular weight excluding hydrogens is 522 g/mol. The Balaban J connectivity index is 1.15. The second kappa shape index (κ2) is 17.5. The van der Waals surface area contributed by atoms with Gasteiger partial charge in [0, 0.05) is 30.8 Å². The van der Waals surface area contributed by atoms with E-state index >= 15 is 0 Å². The van der Waals surface area contributed by atoms with Crippen LogP contribution in [0.2, 0.25) is 0 Å². The first kappa shape index (κ1) is 30.5. The minimum absolute atomic E-state index is 0.00763. The molecule has 0 fully saturated rings. The molecular formula is C28H37N3O7S. The molecule has 11 heteroatoms. The third-order valence-corrected chi connectivity index (χ3v) is 6.57. The second-order valence-electron chi connectivity index (χ2n) is 8.69. The molecule has 1 heterocycles. The maximum Gasteiger partial charge on any atom is 0.305 e. The summed E-state index contributed by atoms with van der Waals surface area (Å²) in [7, 11) is 0. The van der Waals surface area contributed by atoms with Crippen molar-refractivity contribution in [3.8, 4) is 10.6 Å². The second-order valence-corrected chi connectivity index (χ2v) is 9.72. The lowest BCUT2D eigenvalue weighted by molar-refractivity contribution is -0.138. The highest BCUT2D eigenvalue weighted by Crippen LogP contribution is 2.31. The zero-order valence-electron chi connectivity index (χ0n) is 22.3. The first-order valence-corrected chi connectivity index (χ1v) is 13.8. The zero-order valence-corrected chi connectivity index (χ0v) is 23.1.